The highest BCUT2D eigenvalue weighted by Crippen LogP contribution is 2.33. The summed E-state index contributed by atoms with van der Waals surface area (Å²) in [5.41, 5.74) is 3.19. The quantitative estimate of drug-likeness (QED) is 0.824. The van der Waals surface area contributed by atoms with Crippen molar-refractivity contribution in [3.05, 3.63) is 48.0 Å². The number of aryl methyl sites for hydroxylation is 1. The van der Waals surface area contributed by atoms with E-state index in [0.29, 0.717) is 18.0 Å². The maximum atomic E-state index is 13.1. The molecule has 0 aromatic heterocycles. The molecule has 1 atom stereocenters. The summed E-state index contributed by atoms with van der Waals surface area (Å²) >= 11 is 0. The second-order valence-corrected chi connectivity index (χ2v) is 6.68. The topological polar surface area (TPSA) is 42.0 Å². The number of para-hydroxylation sites is 1. The standard InChI is InChI=1S/C21H26N2O3/c1-15-9-10-16-7-5-6-8-18(16)23(15)21(24)14-22(2)17-11-12-19(25-3)20(13-17)26-4/h5-8,11-13,15H,9-10,14H2,1-4H3/t15-/m0/s1. The molecule has 0 unspecified atom stereocenters. The zero-order chi connectivity index (χ0) is 18.7. The lowest BCUT2D eigenvalue weighted by Gasteiger charge is -2.36. The Morgan fingerprint density at radius 1 is 1.15 bits per heavy atom. The third-order valence-electron chi connectivity index (χ3n) is 4.97. The minimum absolute atomic E-state index is 0.0990. The Balaban J connectivity index is 1.79. The maximum absolute atomic E-state index is 13.1. The van der Waals surface area contributed by atoms with Gasteiger partial charge in [0, 0.05) is 30.5 Å². The van der Waals surface area contributed by atoms with Gasteiger partial charge in [-0.3, -0.25) is 4.79 Å². The number of anilines is 2. The van der Waals surface area contributed by atoms with Crippen LogP contribution in [0.5, 0.6) is 11.5 Å². The van der Waals surface area contributed by atoms with Gasteiger partial charge in [-0.15, -0.1) is 0 Å². The monoisotopic (exact) mass is 354 g/mol. The Labute approximate surface area is 155 Å². The van der Waals surface area contributed by atoms with Crippen molar-refractivity contribution in [3.8, 4) is 11.5 Å². The number of nitrogens with zero attached hydrogens (tertiary/aromatic N) is 2. The molecule has 5 heteroatoms. The summed E-state index contributed by atoms with van der Waals surface area (Å²) in [6.07, 6.45) is 2.01. The Hall–Kier alpha value is -2.69. The minimum atomic E-state index is 0.0990. The molecule has 1 aliphatic rings. The number of rotatable bonds is 5. The zero-order valence-electron chi connectivity index (χ0n) is 15.9. The van der Waals surface area contributed by atoms with Crippen LogP contribution in [0.4, 0.5) is 11.4 Å². The Morgan fingerprint density at radius 3 is 2.62 bits per heavy atom. The van der Waals surface area contributed by atoms with E-state index >= 15 is 0 Å². The summed E-state index contributed by atoms with van der Waals surface area (Å²) in [7, 11) is 5.14. The first-order valence-corrected chi connectivity index (χ1v) is 8.88. The van der Waals surface area contributed by atoms with E-state index in [1.165, 1.54) is 5.56 Å². The van der Waals surface area contributed by atoms with Crippen LogP contribution in [-0.2, 0) is 11.2 Å². The van der Waals surface area contributed by atoms with E-state index < -0.39 is 0 Å². The third-order valence-corrected chi connectivity index (χ3v) is 4.97. The van der Waals surface area contributed by atoms with Crippen molar-refractivity contribution >= 4 is 17.3 Å². The van der Waals surface area contributed by atoms with Gasteiger partial charge in [0.1, 0.15) is 0 Å². The Morgan fingerprint density at radius 2 is 1.88 bits per heavy atom. The molecule has 2 aromatic carbocycles. The molecule has 0 N–H and O–H groups in total. The second-order valence-electron chi connectivity index (χ2n) is 6.68. The predicted molar refractivity (Wildman–Crippen MR) is 105 cm³/mol. The molecule has 1 heterocycles. The molecule has 0 aliphatic carbocycles. The van der Waals surface area contributed by atoms with Crippen molar-refractivity contribution in [2.45, 2.75) is 25.8 Å². The van der Waals surface area contributed by atoms with Crippen molar-refractivity contribution in [3.63, 3.8) is 0 Å². The Kier molecular flexibility index (Phi) is 5.35. The molecular weight excluding hydrogens is 328 g/mol. The number of likely N-dealkylation sites (N-methyl/N-ethyl adjacent to an activating group) is 1. The highest BCUT2D eigenvalue weighted by molar-refractivity contribution is 5.98. The number of carbonyl (C=O) groups excluding carboxylic acids is 1. The normalized spacial score (nSPS) is 16.0. The zero-order valence-corrected chi connectivity index (χ0v) is 15.9. The summed E-state index contributed by atoms with van der Waals surface area (Å²) in [5.74, 6) is 1.43. The van der Waals surface area contributed by atoms with Crippen LogP contribution in [0.1, 0.15) is 18.9 Å². The predicted octanol–water partition coefficient (Wildman–Crippen LogP) is 3.51. The largest absolute Gasteiger partial charge is 0.493 e. The smallest absolute Gasteiger partial charge is 0.246 e. The van der Waals surface area contributed by atoms with Crippen LogP contribution >= 0.6 is 0 Å². The van der Waals surface area contributed by atoms with E-state index in [0.717, 1.165) is 24.2 Å². The average Bonchev–Trinajstić information content (AvgIpc) is 2.67. The van der Waals surface area contributed by atoms with Crippen molar-refractivity contribution in [2.24, 2.45) is 0 Å². The number of hydrogen-bond donors (Lipinski definition) is 0. The number of carbonyl (C=O) groups is 1. The first-order valence-electron chi connectivity index (χ1n) is 8.88. The summed E-state index contributed by atoms with van der Waals surface area (Å²) < 4.78 is 10.6. The van der Waals surface area contributed by atoms with Crippen LogP contribution in [0.25, 0.3) is 0 Å². The fraction of sp³-hybridized carbons (Fsp3) is 0.381. The van der Waals surface area contributed by atoms with Crippen LogP contribution in [0.2, 0.25) is 0 Å². The van der Waals surface area contributed by atoms with Gasteiger partial charge in [-0.1, -0.05) is 18.2 Å². The first kappa shape index (κ1) is 18.1. The van der Waals surface area contributed by atoms with E-state index in [1.54, 1.807) is 14.2 Å². The molecule has 0 radical (unpaired) electrons. The van der Waals surface area contributed by atoms with Gasteiger partial charge in [0.15, 0.2) is 11.5 Å². The van der Waals surface area contributed by atoms with E-state index in [-0.39, 0.29) is 11.9 Å². The molecule has 5 nitrogen and oxygen atoms in total. The van der Waals surface area contributed by atoms with E-state index in [4.69, 9.17) is 9.47 Å². The van der Waals surface area contributed by atoms with Crippen LogP contribution in [0.3, 0.4) is 0 Å². The number of hydrogen-bond acceptors (Lipinski definition) is 4. The molecule has 3 rings (SSSR count). The number of methoxy groups -OCH3 is 2. The minimum Gasteiger partial charge on any atom is -0.493 e. The first-order chi connectivity index (χ1) is 12.5. The number of fused-ring (bicyclic) bond motifs is 1. The lowest BCUT2D eigenvalue weighted by Crippen LogP contribution is -2.46. The number of ether oxygens (including phenoxy) is 2. The summed E-state index contributed by atoms with van der Waals surface area (Å²) in [6, 6.07) is 14.1. The second kappa shape index (κ2) is 7.68. The van der Waals surface area contributed by atoms with Crippen LogP contribution in [-0.4, -0.2) is 39.8 Å². The molecule has 26 heavy (non-hydrogen) atoms. The Bertz CT molecular complexity index is 791. The van der Waals surface area contributed by atoms with Crippen molar-refractivity contribution in [1.29, 1.82) is 0 Å². The fourth-order valence-electron chi connectivity index (χ4n) is 3.50. The van der Waals surface area contributed by atoms with Crippen LogP contribution in [0, 0.1) is 0 Å². The maximum Gasteiger partial charge on any atom is 0.246 e. The summed E-state index contributed by atoms with van der Waals surface area (Å²) in [4.78, 5) is 16.9. The number of benzene rings is 2. The molecule has 0 spiro atoms. The van der Waals surface area contributed by atoms with Crippen molar-refractivity contribution < 1.29 is 14.3 Å². The van der Waals surface area contributed by atoms with Crippen LogP contribution in [0.15, 0.2) is 42.5 Å². The van der Waals surface area contributed by atoms with Crippen molar-refractivity contribution in [1.82, 2.24) is 0 Å². The van der Waals surface area contributed by atoms with Gasteiger partial charge in [0.25, 0.3) is 0 Å². The van der Waals surface area contributed by atoms with Crippen LogP contribution < -0.4 is 19.3 Å². The van der Waals surface area contributed by atoms with Gasteiger partial charge in [-0.05, 0) is 43.5 Å². The molecule has 0 bridgehead atoms. The van der Waals surface area contributed by atoms with Gasteiger partial charge < -0.3 is 19.3 Å². The fourth-order valence-corrected chi connectivity index (χ4v) is 3.50. The lowest BCUT2D eigenvalue weighted by atomic mass is 9.96. The summed E-state index contributed by atoms with van der Waals surface area (Å²) in [6.45, 7) is 2.42. The van der Waals surface area contributed by atoms with E-state index in [9.17, 15) is 4.79 Å². The lowest BCUT2D eigenvalue weighted by molar-refractivity contribution is -0.117. The van der Waals surface area contributed by atoms with Gasteiger partial charge >= 0.3 is 0 Å². The SMILES string of the molecule is COc1ccc(N(C)CC(=O)N2c3ccccc3CC[C@@H]2C)cc1OC. The summed E-state index contributed by atoms with van der Waals surface area (Å²) in [5, 5.41) is 0. The van der Waals surface area contributed by atoms with E-state index in [1.807, 2.05) is 53.2 Å². The molecule has 138 valence electrons. The molecule has 0 saturated carbocycles. The number of amides is 1. The van der Waals surface area contributed by atoms with Crippen molar-refractivity contribution in [2.75, 3.05) is 37.6 Å². The van der Waals surface area contributed by atoms with Gasteiger partial charge in [0.05, 0.1) is 20.8 Å². The van der Waals surface area contributed by atoms with Gasteiger partial charge in [-0.25, -0.2) is 0 Å². The third kappa shape index (κ3) is 3.47. The molecule has 2 aromatic rings. The van der Waals surface area contributed by atoms with E-state index in [2.05, 4.69) is 13.0 Å². The molecule has 1 amide bonds. The highest BCUT2D eigenvalue weighted by Gasteiger charge is 2.28. The molecule has 0 fully saturated rings. The highest BCUT2D eigenvalue weighted by atomic mass is 16.5. The molecule has 1 aliphatic heterocycles. The average molecular weight is 354 g/mol. The molecular formula is C21H26N2O3. The van der Waals surface area contributed by atoms with Gasteiger partial charge in [-0.2, -0.15) is 0 Å². The molecule has 0 saturated heterocycles. The van der Waals surface area contributed by atoms with Gasteiger partial charge in [0.2, 0.25) is 5.91 Å².